The van der Waals surface area contributed by atoms with Crippen LogP contribution < -0.4 is 0 Å². The standard InChI is InChI=1S/C10H10BrFO/c1-2-10(13)7-3-4-9(11)8(5-7)6-12/h3-5H,2,6H2,1H3. The summed E-state index contributed by atoms with van der Waals surface area (Å²) in [6.07, 6.45) is 0.452. The molecule has 13 heavy (non-hydrogen) atoms. The van der Waals surface area contributed by atoms with Crippen molar-refractivity contribution in [3.8, 4) is 0 Å². The average molecular weight is 245 g/mol. The summed E-state index contributed by atoms with van der Waals surface area (Å²) in [6, 6.07) is 5.00. The molecule has 0 aliphatic rings. The van der Waals surface area contributed by atoms with E-state index in [9.17, 15) is 9.18 Å². The monoisotopic (exact) mass is 244 g/mol. The molecule has 3 heteroatoms. The van der Waals surface area contributed by atoms with Gasteiger partial charge in [-0.15, -0.1) is 0 Å². The molecule has 1 rings (SSSR count). The van der Waals surface area contributed by atoms with E-state index in [-0.39, 0.29) is 5.78 Å². The lowest BCUT2D eigenvalue weighted by molar-refractivity contribution is 0.0988. The van der Waals surface area contributed by atoms with Crippen LogP contribution in [-0.4, -0.2) is 5.78 Å². The number of halogens is 2. The summed E-state index contributed by atoms with van der Waals surface area (Å²) in [5.41, 5.74) is 1.11. The Morgan fingerprint density at radius 2 is 2.23 bits per heavy atom. The van der Waals surface area contributed by atoms with E-state index in [4.69, 9.17) is 0 Å². The number of benzene rings is 1. The summed E-state index contributed by atoms with van der Waals surface area (Å²) >= 11 is 3.21. The Morgan fingerprint density at radius 3 is 2.77 bits per heavy atom. The van der Waals surface area contributed by atoms with Crippen LogP contribution in [0.4, 0.5) is 4.39 Å². The lowest BCUT2D eigenvalue weighted by Gasteiger charge is -2.02. The molecule has 0 aliphatic heterocycles. The maximum absolute atomic E-state index is 12.4. The summed E-state index contributed by atoms with van der Waals surface area (Å²) in [7, 11) is 0. The molecule has 0 atom stereocenters. The number of ketones is 1. The minimum Gasteiger partial charge on any atom is -0.294 e. The Balaban J connectivity index is 3.06. The third-order valence-electron chi connectivity index (χ3n) is 1.83. The number of carbonyl (C=O) groups excluding carboxylic acids is 1. The molecule has 0 amide bonds. The second-order valence-corrected chi connectivity index (χ2v) is 3.57. The number of rotatable bonds is 3. The second-order valence-electron chi connectivity index (χ2n) is 2.72. The molecule has 0 saturated heterocycles. The third kappa shape index (κ3) is 2.37. The molecule has 0 N–H and O–H groups in total. The topological polar surface area (TPSA) is 17.1 Å². The molecule has 0 aromatic heterocycles. The van der Waals surface area contributed by atoms with E-state index < -0.39 is 6.67 Å². The first kappa shape index (κ1) is 10.4. The van der Waals surface area contributed by atoms with Crippen LogP contribution in [0, 0.1) is 0 Å². The number of hydrogen-bond donors (Lipinski definition) is 0. The van der Waals surface area contributed by atoms with Crippen LogP contribution in [0.25, 0.3) is 0 Å². The van der Waals surface area contributed by atoms with E-state index >= 15 is 0 Å². The summed E-state index contributed by atoms with van der Waals surface area (Å²) in [5.74, 6) is 0.0437. The molecule has 1 nitrogen and oxygen atoms in total. The van der Waals surface area contributed by atoms with Crippen molar-refractivity contribution >= 4 is 21.7 Å². The van der Waals surface area contributed by atoms with Crippen LogP contribution in [-0.2, 0) is 6.67 Å². The van der Waals surface area contributed by atoms with Crippen molar-refractivity contribution in [2.45, 2.75) is 20.0 Å². The Labute approximate surface area is 85.1 Å². The van der Waals surface area contributed by atoms with Gasteiger partial charge in [-0.3, -0.25) is 4.79 Å². The second kappa shape index (κ2) is 4.51. The molecule has 0 aliphatic carbocycles. The van der Waals surface area contributed by atoms with Gasteiger partial charge < -0.3 is 0 Å². The van der Waals surface area contributed by atoms with E-state index in [0.717, 1.165) is 0 Å². The third-order valence-corrected chi connectivity index (χ3v) is 2.61. The molecule has 70 valence electrons. The zero-order valence-electron chi connectivity index (χ0n) is 7.31. The zero-order chi connectivity index (χ0) is 9.84. The van der Waals surface area contributed by atoms with Gasteiger partial charge in [0.25, 0.3) is 0 Å². The summed E-state index contributed by atoms with van der Waals surface area (Å²) in [5, 5.41) is 0. The fraction of sp³-hybridized carbons (Fsp3) is 0.300. The maximum Gasteiger partial charge on any atom is 0.162 e. The Hall–Kier alpha value is -0.700. The molecule has 0 radical (unpaired) electrons. The molecular weight excluding hydrogens is 235 g/mol. The van der Waals surface area contributed by atoms with E-state index in [1.165, 1.54) is 0 Å². The van der Waals surface area contributed by atoms with Crippen molar-refractivity contribution < 1.29 is 9.18 Å². The van der Waals surface area contributed by atoms with E-state index in [1.54, 1.807) is 25.1 Å². The van der Waals surface area contributed by atoms with E-state index in [2.05, 4.69) is 15.9 Å². The first-order chi connectivity index (χ1) is 6.19. The highest BCUT2D eigenvalue weighted by Crippen LogP contribution is 2.19. The van der Waals surface area contributed by atoms with Gasteiger partial charge in [0.15, 0.2) is 5.78 Å². The van der Waals surface area contributed by atoms with Crippen LogP contribution in [0.3, 0.4) is 0 Å². The molecule has 0 saturated carbocycles. The zero-order valence-corrected chi connectivity index (χ0v) is 8.90. The van der Waals surface area contributed by atoms with Gasteiger partial charge in [-0.1, -0.05) is 28.9 Å². The summed E-state index contributed by atoms with van der Waals surface area (Å²) in [4.78, 5) is 11.3. The SMILES string of the molecule is CCC(=O)c1ccc(Br)c(CF)c1. The quantitative estimate of drug-likeness (QED) is 0.744. The van der Waals surface area contributed by atoms with Crippen LogP contribution >= 0.6 is 15.9 Å². The largest absolute Gasteiger partial charge is 0.294 e. The minimum atomic E-state index is -0.550. The van der Waals surface area contributed by atoms with E-state index in [1.807, 2.05) is 0 Å². The Morgan fingerprint density at radius 1 is 1.54 bits per heavy atom. The number of alkyl halides is 1. The molecule has 0 heterocycles. The van der Waals surface area contributed by atoms with Crippen molar-refractivity contribution in [3.63, 3.8) is 0 Å². The van der Waals surface area contributed by atoms with Gasteiger partial charge in [0.2, 0.25) is 0 Å². The van der Waals surface area contributed by atoms with Gasteiger partial charge in [0.1, 0.15) is 6.67 Å². The molecule has 0 unspecified atom stereocenters. The number of carbonyl (C=O) groups is 1. The van der Waals surface area contributed by atoms with Crippen molar-refractivity contribution in [2.75, 3.05) is 0 Å². The highest BCUT2D eigenvalue weighted by molar-refractivity contribution is 9.10. The smallest absolute Gasteiger partial charge is 0.162 e. The highest BCUT2D eigenvalue weighted by Gasteiger charge is 2.06. The predicted molar refractivity (Wildman–Crippen MR) is 53.6 cm³/mol. The van der Waals surface area contributed by atoms with Gasteiger partial charge in [-0.05, 0) is 17.7 Å². The summed E-state index contributed by atoms with van der Waals surface area (Å²) in [6.45, 7) is 1.24. The molecule has 0 spiro atoms. The van der Waals surface area contributed by atoms with Crippen molar-refractivity contribution in [2.24, 2.45) is 0 Å². The van der Waals surface area contributed by atoms with Gasteiger partial charge >= 0.3 is 0 Å². The van der Waals surface area contributed by atoms with Gasteiger partial charge in [0.05, 0.1) is 0 Å². The van der Waals surface area contributed by atoms with E-state index in [0.29, 0.717) is 22.0 Å². The maximum atomic E-state index is 12.4. The summed E-state index contributed by atoms with van der Waals surface area (Å²) < 4.78 is 13.1. The molecule has 1 aromatic carbocycles. The lowest BCUT2D eigenvalue weighted by atomic mass is 10.1. The lowest BCUT2D eigenvalue weighted by Crippen LogP contribution is -1.97. The fourth-order valence-corrected chi connectivity index (χ4v) is 1.41. The highest BCUT2D eigenvalue weighted by atomic mass is 79.9. The Kier molecular flexibility index (Phi) is 3.60. The van der Waals surface area contributed by atoms with Gasteiger partial charge in [-0.2, -0.15) is 0 Å². The first-order valence-corrected chi connectivity index (χ1v) is 4.86. The van der Waals surface area contributed by atoms with Crippen molar-refractivity contribution in [1.82, 2.24) is 0 Å². The van der Waals surface area contributed by atoms with Crippen LogP contribution in [0.5, 0.6) is 0 Å². The number of hydrogen-bond acceptors (Lipinski definition) is 1. The van der Waals surface area contributed by atoms with Crippen molar-refractivity contribution in [3.05, 3.63) is 33.8 Å². The predicted octanol–water partition coefficient (Wildman–Crippen LogP) is 3.51. The normalized spacial score (nSPS) is 10.1. The van der Waals surface area contributed by atoms with Crippen LogP contribution in [0.15, 0.2) is 22.7 Å². The first-order valence-electron chi connectivity index (χ1n) is 4.06. The molecule has 0 fully saturated rings. The minimum absolute atomic E-state index is 0.0437. The van der Waals surface area contributed by atoms with Crippen LogP contribution in [0.1, 0.15) is 29.3 Å². The van der Waals surface area contributed by atoms with Crippen molar-refractivity contribution in [1.29, 1.82) is 0 Å². The molecular formula is C10H10BrFO. The average Bonchev–Trinajstić information content (AvgIpc) is 2.17. The van der Waals surface area contributed by atoms with Crippen LogP contribution in [0.2, 0.25) is 0 Å². The molecule has 1 aromatic rings. The van der Waals surface area contributed by atoms with Gasteiger partial charge in [0, 0.05) is 16.5 Å². The number of Topliss-reactive ketones (excluding diaryl/α,β-unsaturated/α-hetero) is 1. The fourth-order valence-electron chi connectivity index (χ4n) is 1.05. The van der Waals surface area contributed by atoms with Gasteiger partial charge in [-0.25, -0.2) is 4.39 Å². The molecule has 0 bridgehead atoms. The Bertz CT molecular complexity index is 323.